The van der Waals surface area contributed by atoms with E-state index in [1.165, 1.54) is 0 Å². The molecule has 1 saturated heterocycles. The first-order valence-corrected chi connectivity index (χ1v) is 10.2. The number of amides is 1. The summed E-state index contributed by atoms with van der Waals surface area (Å²) in [5.41, 5.74) is 2.58. The van der Waals surface area contributed by atoms with Crippen LogP contribution in [-0.4, -0.2) is 49.1 Å². The van der Waals surface area contributed by atoms with Crippen molar-refractivity contribution in [3.05, 3.63) is 59.5 Å². The zero-order valence-electron chi connectivity index (χ0n) is 17.0. The molecule has 1 aromatic carbocycles. The van der Waals surface area contributed by atoms with E-state index in [4.69, 9.17) is 4.52 Å². The first kappa shape index (κ1) is 20.2. The third kappa shape index (κ3) is 4.54. The Bertz CT molecular complexity index is 997. The number of benzene rings is 1. The van der Waals surface area contributed by atoms with Gasteiger partial charge in [-0.1, -0.05) is 35.5 Å². The van der Waals surface area contributed by atoms with Crippen molar-refractivity contribution >= 4 is 5.91 Å². The number of aryl methyl sites for hydroxylation is 2. The highest BCUT2D eigenvalue weighted by molar-refractivity contribution is 5.76. The maximum absolute atomic E-state index is 12.6. The number of carbonyl (C=O) groups excluding carboxylic acids is 1. The van der Waals surface area contributed by atoms with E-state index >= 15 is 0 Å². The smallest absolute Gasteiger partial charge is 0.227 e. The van der Waals surface area contributed by atoms with Crippen LogP contribution in [0.3, 0.4) is 0 Å². The molecule has 1 amide bonds. The fourth-order valence-corrected chi connectivity index (χ4v) is 3.82. The van der Waals surface area contributed by atoms with Crippen LogP contribution in [0.5, 0.6) is 0 Å². The summed E-state index contributed by atoms with van der Waals surface area (Å²) in [6.07, 6.45) is 4.12. The van der Waals surface area contributed by atoms with Crippen LogP contribution in [0.4, 0.5) is 0 Å². The molecule has 1 aliphatic rings. The van der Waals surface area contributed by atoms with Crippen molar-refractivity contribution < 1.29 is 14.4 Å². The van der Waals surface area contributed by atoms with Gasteiger partial charge in [-0.2, -0.15) is 4.98 Å². The molecule has 0 unspecified atom stereocenters. The molecular formula is C22H25N5O3. The van der Waals surface area contributed by atoms with Gasteiger partial charge in [-0.25, -0.2) is 9.97 Å². The molecule has 0 radical (unpaired) electrons. The zero-order chi connectivity index (χ0) is 20.9. The number of likely N-dealkylation sites (tertiary alicyclic amines) is 1. The molecule has 156 valence electrons. The third-order valence-electron chi connectivity index (χ3n) is 5.48. The summed E-state index contributed by atoms with van der Waals surface area (Å²) >= 11 is 0. The Morgan fingerprint density at radius 2 is 1.97 bits per heavy atom. The summed E-state index contributed by atoms with van der Waals surface area (Å²) in [5, 5.41) is 13.6. The predicted octanol–water partition coefficient (Wildman–Crippen LogP) is 2.67. The van der Waals surface area contributed by atoms with Crippen LogP contribution >= 0.6 is 0 Å². The second kappa shape index (κ2) is 9.13. The highest BCUT2D eigenvalue weighted by atomic mass is 16.5. The summed E-state index contributed by atoms with van der Waals surface area (Å²) in [6, 6.07) is 9.62. The number of aliphatic hydroxyl groups excluding tert-OH is 1. The highest BCUT2D eigenvalue weighted by Crippen LogP contribution is 2.29. The van der Waals surface area contributed by atoms with Gasteiger partial charge in [0.15, 0.2) is 0 Å². The van der Waals surface area contributed by atoms with E-state index in [1.54, 1.807) is 6.20 Å². The van der Waals surface area contributed by atoms with Gasteiger partial charge in [-0.15, -0.1) is 0 Å². The molecule has 1 fully saturated rings. The molecule has 0 atom stereocenters. The minimum Gasteiger partial charge on any atom is -0.392 e. The Morgan fingerprint density at radius 1 is 1.20 bits per heavy atom. The Balaban J connectivity index is 1.30. The lowest BCUT2D eigenvalue weighted by molar-refractivity contribution is -0.132. The van der Waals surface area contributed by atoms with Crippen LogP contribution in [0.25, 0.3) is 11.4 Å². The second-order valence-corrected chi connectivity index (χ2v) is 7.52. The number of piperidine rings is 1. The van der Waals surface area contributed by atoms with Crippen LogP contribution in [0.2, 0.25) is 0 Å². The number of hydrogen-bond donors (Lipinski definition) is 1. The molecule has 8 heteroatoms. The molecule has 1 aliphatic heterocycles. The topological polar surface area (TPSA) is 105 Å². The molecule has 3 aromatic rings. The zero-order valence-corrected chi connectivity index (χ0v) is 17.0. The molecule has 4 rings (SSSR count). The molecule has 0 aliphatic carbocycles. The van der Waals surface area contributed by atoms with Crippen LogP contribution < -0.4 is 0 Å². The van der Waals surface area contributed by atoms with Gasteiger partial charge in [0, 0.05) is 49.2 Å². The van der Waals surface area contributed by atoms with Crippen molar-refractivity contribution in [1.82, 2.24) is 25.0 Å². The van der Waals surface area contributed by atoms with Gasteiger partial charge in [0.2, 0.25) is 17.6 Å². The second-order valence-electron chi connectivity index (χ2n) is 7.52. The molecule has 0 bridgehead atoms. The Labute approximate surface area is 175 Å². The average Bonchev–Trinajstić information content (AvgIpc) is 3.27. The van der Waals surface area contributed by atoms with Crippen LogP contribution in [0.15, 0.2) is 41.1 Å². The number of aliphatic hydroxyl groups is 1. The Hall–Kier alpha value is -3.13. The quantitative estimate of drug-likeness (QED) is 0.670. The van der Waals surface area contributed by atoms with E-state index in [0.717, 1.165) is 29.7 Å². The summed E-state index contributed by atoms with van der Waals surface area (Å²) in [4.78, 5) is 27.6. The monoisotopic (exact) mass is 407 g/mol. The first-order valence-electron chi connectivity index (χ1n) is 10.2. The fourth-order valence-electron chi connectivity index (χ4n) is 3.82. The maximum Gasteiger partial charge on any atom is 0.227 e. The number of rotatable bonds is 6. The largest absolute Gasteiger partial charge is 0.392 e. The fraction of sp³-hybridized carbons (Fsp3) is 0.409. The summed E-state index contributed by atoms with van der Waals surface area (Å²) in [7, 11) is 0. The van der Waals surface area contributed by atoms with Crippen molar-refractivity contribution in [1.29, 1.82) is 0 Å². The normalized spacial score (nSPS) is 14.8. The van der Waals surface area contributed by atoms with Gasteiger partial charge in [0.25, 0.3) is 0 Å². The van der Waals surface area contributed by atoms with Crippen molar-refractivity contribution in [2.45, 2.75) is 45.1 Å². The van der Waals surface area contributed by atoms with Crippen LogP contribution in [0.1, 0.15) is 48.2 Å². The van der Waals surface area contributed by atoms with Gasteiger partial charge in [-0.3, -0.25) is 4.79 Å². The van der Waals surface area contributed by atoms with E-state index in [9.17, 15) is 9.90 Å². The summed E-state index contributed by atoms with van der Waals surface area (Å²) < 4.78 is 5.30. The lowest BCUT2D eigenvalue weighted by Crippen LogP contribution is -2.38. The molecule has 3 heterocycles. The Kier molecular flexibility index (Phi) is 6.13. The van der Waals surface area contributed by atoms with Crippen molar-refractivity contribution in [2.24, 2.45) is 0 Å². The first-order chi connectivity index (χ1) is 14.6. The molecule has 30 heavy (non-hydrogen) atoms. The van der Waals surface area contributed by atoms with E-state index in [0.29, 0.717) is 43.5 Å². The van der Waals surface area contributed by atoms with Crippen molar-refractivity contribution in [3.8, 4) is 11.4 Å². The van der Waals surface area contributed by atoms with Crippen molar-refractivity contribution in [3.63, 3.8) is 0 Å². The minimum atomic E-state index is -0.0656. The highest BCUT2D eigenvalue weighted by Gasteiger charge is 2.26. The molecule has 1 N–H and O–H groups in total. The molecule has 2 aromatic heterocycles. The standard InChI is InChI=1S/C22H25N5O3/c1-15-23-13-18(14-28)21(24-15)16-9-11-27(12-10-16)20(29)8-7-19-25-22(26-30-19)17-5-3-2-4-6-17/h2-6,13,16,28H,7-12,14H2,1H3. The number of nitrogens with zero attached hydrogens (tertiary/aromatic N) is 5. The van der Waals surface area contributed by atoms with E-state index in [-0.39, 0.29) is 18.4 Å². The van der Waals surface area contributed by atoms with Crippen LogP contribution in [0, 0.1) is 6.92 Å². The van der Waals surface area contributed by atoms with E-state index < -0.39 is 0 Å². The number of hydrogen-bond acceptors (Lipinski definition) is 7. The summed E-state index contributed by atoms with van der Waals surface area (Å²) in [6.45, 7) is 3.14. The van der Waals surface area contributed by atoms with E-state index in [1.807, 2.05) is 42.2 Å². The minimum absolute atomic E-state index is 0.0656. The molecule has 0 spiro atoms. The SMILES string of the molecule is Cc1ncc(CO)c(C2CCN(C(=O)CCc3nc(-c4ccccc4)no3)CC2)n1. The molecular weight excluding hydrogens is 382 g/mol. The van der Waals surface area contributed by atoms with E-state index in [2.05, 4.69) is 20.1 Å². The van der Waals surface area contributed by atoms with Crippen molar-refractivity contribution in [2.75, 3.05) is 13.1 Å². The van der Waals surface area contributed by atoms with Gasteiger partial charge >= 0.3 is 0 Å². The number of aromatic nitrogens is 4. The summed E-state index contributed by atoms with van der Waals surface area (Å²) in [5.74, 6) is 2.05. The predicted molar refractivity (Wildman–Crippen MR) is 109 cm³/mol. The van der Waals surface area contributed by atoms with Gasteiger partial charge in [0.05, 0.1) is 12.3 Å². The van der Waals surface area contributed by atoms with Crippen LogP contribution in [-0.2, 0) is 17.8 Å². The van der Waals surface area contributed by atoms with Gasteiger partial charge in [-0.05, 0) is 19.8 Å². The Morgan fingerprint density at radius 3 is 2.70 bits per heavy atom. The lowest BCUT2D eigenvalue weighted by atomic mass is 9.90. The lowest BCUT2D eigenvalue weighted by Gasteiger charge is -2.32. The van der Waals surface area contributed by atoms with Gasteiger partial charge in [0.1, 0.15) is 5.82 Å². The molecule has 0 saturated carbocycles. The number of carbonyl (C=O) groups is 1. The van der Waals surface area contributed by atoms with Gasteiger partial charge < -0.3 is 14.5 Å². The molecule has 8 nitrogen and oxygen atoms in total. The maximum atomic E-state index is 12.6. The third-order valence-corrected chi connectivity index (χ3v) is 5.48. The average molecular weight is 407 g/mol.